The van der Waals surface area contributed by atoms with Crippen molar-refractivity contribution in [1.82, 2.24) is 19.5 Å². The van der Waals surface area contributed by atoms with E-state index in [0.717, 1.165) is 11.3 Å². The molecule has 0 spiro atoms. The summed E-state index contributed by atoms with van der Waals surface area (Å²) in [6.45, 7) is 0. The Morgan fingerprint density at radius 1 is 0.440 bits per heavy atom. The van der Waals surface area contributed by atoms with E-state index in [9.17, 15) is 5.48 Å². The molecule has 4 nitrogen and oxygen atoms in total. The number of nitrogens with zero attached hydrogens (tertiary/aromatic N) is 4. The first-order valence-electron chi connectivity index (χ1n) is 22.6. The molecule has 3 heterocycles. The second-order valence-corrected chi connectivity index (χ2v) is 12.4. The molecular weight excluding hydrogens is 629 g/mol. The number of aromatic nitrogens is 4. The summed E-state index contributed by atoms with van der Waals surface area (Å²) in [5.41, 5.74) is 1.79. The van der Waals surface area contributed by atoms with Gasteiger partial charge in [0.05, 0.1) is 30.2 Å². The topological polar surface area (TPSA) is 43.6 Å². The summed E-state index contributed by atoms with van der Waals surface area (Å²) in [5.74, 6) is 0.0759. The van der Waals surface area contributed by atoms with Gasteiger partial charge in [0.1, 0.15) is 0 Å². The Morgan fingerprint density at radius 3 is 1.86 bits per heavy atom. The van der Waals surface area contributed by atoms with Crippen LogP contribution in [0.15, 0.2) is 170 Å². The zero-order valence-corrected chi connectivity index (χ0v) is 26.6. The lowest BCUT2D eigenvalue weighted by Gasteiger charge is -2.12. The molecule has 0 amide bonds. The zero-order valence-electron chi connectivity index (χ0n) is 39.8. The maximum atomic E-state index is 9.58. The van der Waals surface area contributed by atoms with Crippen LogP contribution >= 0.6 is 11.3 Å². The summed E-state index contributed by atoms with van der Waals surface area (Å²) in [4.78, 5) is 14.3. The lowest BCUT2D eigenvalue weighted by atomic mass is 10.0. The summed E-state index contributed by atoms with van der Waals surface area (Å²) < 4.78 is 126. The highest BCUT2D eigenvalue weighted by atomic mass is 32.1. The largest absolute Gasteiger partial charge is 0.309 e. The molecule has 0 saturated heterocycles. The van der Waals surface area contributed by atoms with E-state index in [1.807, 2.05) is 6.07 Å². The standard InChI is InChI=1S/C45H28N4S/c1-3-12-29(13-4-1)31-22-24-36-35-18-7-9-20-39(35)49(40(36)27-31)34-17-11-16-32(26-34)44-46-43(30-14-5-2-6-15-30)47-45(48-44)33-23-25-38-37-19-8-10-21-41(37)50-42(38)28-33/h1-28H/i7D,8D,9D,10D,18D,19D,20D,21D,22D,23D,24D,25D,27D,28D. The molecule has 0 radical (unpaired) electrons. The molecule has 0 atom stereocenters. The zero-order chi connectivity index (χ0) is 45.2. The van der Waals surface area contributed by atoms with Crippen LogP contribution in [0.1, 0.15) is 19.2 Å². The number of rotatable bonds is 5. The molecule has 0 fully saturated rings. The van der Waals surface area contributed by atoms with Crippen LogP contribution in [0.4, 0.5) is 0 Å². The lowest BCUT2D eigenvalue weighted by molar-refractivity contribution is 1.07. The smallest absolute Gasteiger partial charge is 0.164 e. The lowest BCUT2D eigenvalue weighted by Crippen LogP contribution is -2.01. The monoisotopic (exact) mass is 670 g/mol. The molecule has 0 aliphatic rings. The molecule has 5 heteroatoms. The third kappa shape index (κ3) is 4.79. The van der Waals surface area contributed by atoms with Crippen molar-refractivity contribution >= 4 is 53.3 Å². The quantitative estimate of drug-likeness (QED) is 0.183. The van der Waals surface area contributed by atoms with Crippen LogP contribution in [0.2, 0.25) is 0 Å². The van der Waals surface area contributed by atoms with Gasteiger partial charge in [-0.25, -0.2) is 15.0 Å². The summed E-state index contributed by atoms with van der Waals surface area (Å²) in [6, 6.07) is 18.9. The predicted octanol–water partition coefficient (Wildman–Crippen LogP) is 12.0. The first kappa shape index (κ1) is 17.8. The normalized spacial score (nSPS) is 15.5. The minimum atomic E-state index is -0.532. The molecule has 10 aromatic rings. The second-order valence-electron chi connectivity index (χ2n) is 11.4. The molecule has 50 heavy (non-hydrogen) atoms. The van der Waals surface area contributed by atoms with Crippen molar-refractivity contribution in [3.63, 3.8) is 0 Å². The van der Waals surface area contributed by atoms with Crippen LogP contribution in [0, 0.1) is 0 Å². The van der Waals surface area contributed by atoms with Crippen molar-refractivity contribution in [2.45, 2.75) is 0 Å². The fourth-order valence-corrected chi connectivity index (χ4v) is 7.01. The van der Waals surface area contributed by atoms with Crippen LogP contribution in [-0.2, 0) is 0 Å². The molecule has 234 valence electrons. The highest BCUT2D eigenvalue weighted by molar-refractivity contribution is 7.25. The van der Waals surface area contributed by atoms with Gasteiger partial charge in [-0.2, -0.15) is 0 Å². The van der Waals surface area contributed by atoms with Gasteiger partial charge in [0.15, 0.2) is 17.5 Å². The SMILES string of the molecule is [2H]c1c([2H])c([2H])c2c(sc3c([2H])c(-c4nc(-c5ccccc5)nc(-c5cccc(-n6c7c([2H])c([2H])c([2H])c([2H])c7c7c([2H])c([2H])c(-c8ccccc8)c([2H])c76)c5)n4)c([2H])c([2H])c32)c1[2H]. The molecule has 10 rings (SSSR count). The Hall–Kier alpha value is -6.43. The number of hydrogen-bond acceptors (Lipinski definition) is 4. The van der Waals surface area contributed by atoms with E-state index in [-0.39, 0.29) is 113 Å². The molecule has 3 aromatic heterocycles. The highest BCUT2D eigenvalue weighted by Crippen LogP contribution is 2.38. The van der Waals surface area contributed by atoms with E-state index < -0.39 is 42.3 Å². The maximum Gasteiger partial charge on any atom is 0.164 e. The van der Waals surface area contributed by atoms with E-state index >= 15 is 0 Å². The molecule has 0 aliphatic carbocycles. The highest BCUT2D eigenvalue weighted by Gasteiger charge is 2.17. The molecule has 0 N–H and O–H groups in total. The number of hydrogen-bond donors (Lipinski definition) is 0. The molecule has 0 unspecified atom stereocenters. The third-order valence-electron chi connectivity index (χ3n) is 8.36. The number of thiophene rings is 1. The Bertz CT molecular complexity index is 3670. The van der Waals surface area contributed by atoms with Crippen molar-refractivity contribution in [3.05, 3.63) is 170 Å². The van der Waals surface area contributed by atoms with Gasteiger partial charge >= 0.3 is 0 Å². The Kier molecular flexibility index (Phi) is 4.14. The molecule has 7 aromatic carbocycles. The van der Waals surface area contributed by atoms with Crippen LogP contribution < -0.4 is 0 Å². The minimum absolute atomic E-state index is 0.00914. The van der Waals surface area contributed by atoms with Crippen molar-refractivity contribution in [2.24, 2.45) is 0 Å². The minimum Gasteiger partial charge on any atom is -0.309 e. The van der Waals surface area contributed by atoms with Gasteiger partial charge in [-0.3, -0.25) is 0 Å². The average Bonchev–Trinajstić information content (AvgIpc) is 3.90. The number of para-hydroxylation sites is 1. The van der Waals surface area contributed by atoms with Crippen LogP contribution in [-0.4, -0.2) is 19.5 Å². The molecule has 0 bridgehead atoms. The fraction of sp³-hybridized carbons (Fsp3) is 0. The number of fused-ring (bicyclic) bond motifs is 6. The van der Waals surface area contributed by atoms with Crippen molar-refractivity contribution in [2.75, 3.05) is 0 Å². The van der Waals surface area contributed by atoms with Gasteiger partial charge in [0.2, 0.25) is 0 Å². The summed E-state index contributed by atoms with van der Waals surface area (Å²) in [7, 11) is 0. The number of benzene rings is 7. The predicted molar refractivity (Wildman–Crippen MR) is 209 cm³/mol. The van der Waals surface area contributed by atoms with E-state index in [0.29, 0.717) is 22.4 Å². The van der Waals surface area contributed by atoms with Crippen molar-refractivity contribution in [1.29, 1.82) is 0 Å². The third-order valence-corrected chi connectivity index (χ3v) is 9.38. The Balaban J connectivity index is 1.26. The Labute approximate surface area is 312 Å². The summed E-state index contributed by atoms with van der Waals surface area (Å²) in [6.07, 6.45) is 0. The van der Waals surface area contributed by atoms with E-state index in [4.69, 9.17) is 28.7 Å². The summed E-state index contributed by atoms with van der Waals surface area (Å²) in [5, 5.41) is 0.102. The van der Waals surface area contributed by atoms with Gasteiger partial charge in [-0.05, 0) is 47.4 Å². The fourth-order valence-electron chi connectivity index (χ4n) is 6.04. The van der Waals surface area contributed by atoms with Gasteiger partial charge in [0, 0.05) is 53.3 Å². The van der Waals surface area contributed by atoms with Gasteiger partial charge < -0.3 is 4.57 Å². The average molecular weight is 671 g/mol. The first-order chi connectivity index (χ1) is 30.6. The van der Waals surface area contributed by atoms with Gasteiger partial charge in [0.25, 0.3) is 0 Å². The van der Waals surface area contributed by atoms with Crippen molar-refractivity contribution < 1.29 is 19.2 Å². The van der Waals surface area contributed by atoms with E-state index in [1.54, 1.807) is 78.9 Å². The first-order valence-corrected chi connectivity index (χ1v) is 16.4. The van der Waals surface area contributed by atoms with Gasteiger partial charge in [-0.1, -0.05) is 133 Å². The molecule has 0 aliphatic heterocycles. The van der Waals surface area contributed by atoms with Crippen molar-refractivity contribution in [3.8, 4) is 51.0 Å². The van der Waals surface area contributed by atoms with E-state index in [1.165, 1.54) is 4.57 Å². The van der Waals surface area contributed by atoms with Gasteiger partial charge in [-0.15, -0.1) is 11.3 Å². The van der Waals surface area contributed by atoms with Crippen LogP contribution in [0.3, 0.4) is 0 Å². The van der Waals surface area contributed by atoms with Crippen LogP contribution in [0.25, 0.3) is 93.0 Å². The molecular formula is C45H28N4S. The maximum absolute atomic E-state index is 9.58. The molecule has 0 saturated carbocycles. The summed E-state index contributed by atoms with van der Waals surface area (Å²) >= 11 is 0.924. The Morgan fingerprint density at radius 2 is 1.04 bits per heavy atom. The van der Waals surface area contributed by atoms with E-state index in [2.05, 4.69) is 0 Å². The second kappa shape index (κ2) is 11.6. The van der Waals surface area contributed by atoms with Crippen LogP contribution in [0.5, 0.6) is 0 Å².